The van der Waals surface area contributed by atoms with E-state index in [4.69, 9.17) is 15.3 Å². The van der Waals surface area contributed by atoms with Crippen LogP contribution in [-0.2, 0) is 0 Å². The van der Waals surface area contributed by atoms with E-state index in [1.54, 1.807) is 54.6 Å². The van der Waals surface area contributed by atoms with Crippen molar-refractivity contribution in [2.75, 3.05) is 0 Å². The third kappa shape index (κ3) is 8.89. The van der Waals surface area contributed by atoms with Crippen LogP contribution in [0, 0.1) is 41.7 Å². The van der Waals surface area contributed by atoms with Gasteiger partial charge in [0.2, 0.25) is 0 Å². The average Bonchev–Trinajstić information content (AvgIpc) is 2.70. The van der Waals surface area contributed by atoms with Gasteiger partial charge < -0.3 is 15.3 Å². The molecule has 3 rings (SSSR count). The van der Waals surface area contributed by atoms with Crippen molar-refractivity contribution >= 4 is 18.9 Å². The van der Waals surface area contributed by atoms with Gasteiger partial charge in [-0.2, -0.15) is 0 Å². The van der Waals surface area contributed by atoms with Gasteiger partial charge >= 0.3 is 0 Å². The smallest absolute Gasteiger partial charge is 0.153 e. The zero-order chi connectivity index (χ0) is 20.1. The molecule has 142 valence electrons. The summed E-state index contributed by atoms with van der Waals surface area (Å²) in [5.74, 6) is 0.104. The van der Waals surface area contributed by atoms with Gasteiger partial charge in [-0.3, -0.25) is 14.4 Å². The van der Waals surface area contributed by atoms with Crippen LogP contribution in [-0.4, -0.2) is 34.2 Å². The van der Waals surface area contributed by atoms with E-state index in [9.17, 15) is 14.4 Å². The number of hydrogen-bond donors (Lipinski definition) is 3. The van der Waals surface area contributed by atoms with Gasteiger partial charge in [0.25, 0.3) is 0 Å². The number of benzene rings is 3. The predicted molar refractivity (Wildman–Crippen MR) is 100 cm³/mol. The van der Waals surface area contributed by atoms with Crippen molar-refractivity contribution < 1.29 is 71.5 Å². The Kier molecular flexibility index (Phi) is 13.2. The van der Waals surface area contributed by atoms with Crippen molar-refractivity contribution in [3.8, 4) is 17.2 Å². The molecule has 0 atom stereocenters. The summed E-state index contributed by atoms with van der Waals surface area (Å²) >= 11 is 0. The molecule has 0 amide bonds. The molecule has 0 aliphatic heterocycles. The van der Waals surface area contributed by atoms with Crippen LogP contribution in [0.5, 0.6) is 17.2 Å². The Morgan fingerprint density at radius 2 is 0.679 bits per heavy atom. The van der Waals surface area contributed by atoms with Gasteiger partial charge in [-0.25, -0.2) is 0 Å². The molecule has 3 aromatic carbocycles. The maximum Gasteiger partial charge on any atom is 0.153 e. The van der Waals surface area contributed by atoms with Gasteiger partial charge in [-0.05, 0) is 36.4 Å². The van der Waals surface area contributed by atoms with Crippen molar-refractivity contribution in [3.63, 3.8) is 0 Å². The number of carbonyl (C=O) groups is 3. The molecule has 0 bridgehead atoms. The topological polar surface area (TPSA) is 112 Å². The minimum absolute atomic E-state index is 0. The van der Waals surface area contributed by atoms with Gasteiger partial charge in [0.15, 0.2) is 18.9 Å². The van der Waals surface area contributed by atoms with Crippen LogP contribution in [0.25, 0.3) is 0 Å². The number of aldehydes is 3. The van der Waals surface area contributed by atoms with E-state index in [0.717, 1.165) is 0 Å². The second-order valence-corrected chi connectivity index (χ2v) is 5.03. The summed E-state index contributed by atoms with van der Waals surface area (Å²) in [6, 6.07) is 19.2. The fourth-order valence-electron chi connectivity index (χ4n) is 1.76. The zero-order valence-corrected chi connectivity index (χ0v) is 17.9. The third-order valence-corrected chi connectivity index (χ3v) is 3.19. The van der Waals surface area contributed by atoms with E-state index in [1.165, 1.54) is 18.2 Å². The quantitative estimate of drug-likeness (QED) is 0.468. The molecule has 3 aromatic rings. The molecule has 0 heterocycles. The largest absolute Gasteiger partial charge is 0.507 e. The molecule has 0 aromatic heterocycles. The molecule has 6 nitrogen and oxygen atoms in total. The second kappa shape index (κ2) is 14.5. The summed E-state index contributed by atoms with van der Waals surface area (Å²) in [7, 11) is 0. The Balaban J connectivity index is 0.000000384. The minimum atomic E-state index is 0. The maximum absolute atomic E-state index is 10.1. The minimum Gasteiger partial charge on any atom is -0.507 e. The first kappa shape index (κ1) is 25.4. The van der Waals surface area contributed by atoms with Crippen molar-refractivity contribution in [3.05, 3.63) is 89.5 Å². The van der Waals surface area contributed by atoms with E-state index < -0.39 is 0 Å². The van der Waals surface area contributed by atoms with E-state index >= 15 is 0 Å². The van der Waals surface area contributed by atoms with Gasteiger partial charge in [0.05, 0.1) is 16.7 Å². The Morgan fingerprint density at radius 3 is 0.821 bits per heavy atom. The van der Waals surface area contributed by atoms with Crippen LogP contribution < -0.4 is 0 Å². The van der Waals surface area contributed by atoms with Gasteiger partial charge in [-0.15, -0.1) is 0 Å². The molecule has 0 unspecified atom stereocenters. The normalized spacial score (nSPS) is 8.57. The monoisotopic (exact) mass is 506 g/mol. The van der Waals surface area contributed by atoms with Crippen LogP contribution >= 0.6 is 0 Å². The van der Waals surface area contributed by atoms with Crippen molar-refractivity contribution in [1.29, 1.82) is 0 Å². The van der Waals surface area contributed by atoms with Crippen LogP contribution in [0.4, 0.5) is 0 Å². The number of rotatable bonds is 3. The Hall–Kier alpha value is -2.55. The molecule has 0 radical (unpaired) electrons. The first-order valence-electron chi connectivity index (χ1n) is 7.73. The zero-order valence-electron chi connectivity index (χ0n) is 14.7. The first-order chi connectivity index (χ1) is 13.0. The molecule has 0 fully saturated rings. The van der Waals surface area contributed by atoms with Crippen molar-refractivity contribution in [1.82, 2.24) is 0 Å². The molecule has 3 N–H and O–H groups in total. The number of phenols is 3. The number of carbonyl (C=O) groups excluding carboxylic acids is 3. The predicted octanol–water partition coefficient (Wildman–Crippen LogP) is 3.61. The summed E-state index contributed by atoms with van der Waals surface area (Å²) in [4.78, 5) is 30.2. The van der Waals surface area contributed by atoms with Crippen LogP contribution in [0.2, 0.25) is 0 Å². The second-order valence-electron chi connectivity index (χ2n) is 5.03. The fourth-order valence-corrected chi connectivity index (χ4v) is 1.76. The molecule has 0 saturated carbocycles. The number of aromatic hydroxyl groups is 3. The van der Waals surface area contributed by atoms with Gasteiger partial charge in [0.1, 0.15) is 17.2 Å². The van der Waals surface area contributed by atoms with Gasteiger partial charge in [0, 0.05) is 41.7 Å². The molecule has 0 aliphatic rings. The van der Waals surface area contributed by atoms with E-state index in [-0.39, 0.29) is 59.0 Å². The summed E-state index contributed by atoms with van der Waals surface area (Å²) < 4.78 is 0. The molecule has 7 heteroatoms. The molecule has 28 heavy (non-hydrogen) atoms. The fraction of sp³-hybridized carbons (Fsp3) is 0. The number of para-hydroxylation sites is 3. The molecule has 0 spiro atoms. The van der Waals surface area contributed by atoms with Crippen LogP contribution in [0.15, 0.2) is 72.8 Å². The Labute approximate surface area is 195 Å². The summed E-state index contributed by atoms with van der Waals surface area (Å²) in [5.41, 5.74) is 0.993. The maximum atomic E-state index is 10.1. The molecular formula is C21H18CeO6. The Bertz CT molecular complexity index is 778. The standard InChI is InChI=1S/3C7H6O2.Ce/c3*8-5-6-3-1-2-4-7(6)9;/h3*1-5,9H;. The van der Waals surface area contributed by atoms with E-state index in [0.29, 0.717) is 35.5 Å². The molecule has 0 aliphatic carbocycles. The van der Waals surface area contributed by atoms with Crippen molar-refractivity contribution in [2.24, 2.45) is 0 Å². The van der Waals surface area contributed by atoms with E-state index in [2.05, 4.69) is 0 Å². The van der Waals surface area contributed by atoms with Crippen LogP contribution in [0.1, 0.15) is 31.1 Å². The molecular weight excluding hydrogens is 488 g/mol. The molecule has 0 saturated heterocycles. The van der Waals surface area contributed by atoms with E-state index in [1.807, 2.05) is 0 Å². The summed E-state index contributed by atoms with van der Waals surface area (Å²) in [6.45, 7) is 0. The summed E-state index contributed by atoms with van der Waals surface area (Å²) in [6.07, 6.45) is 1.86. The third-order valence-electron chi connectivity index (χ3n) is 3.19. The first-order valence-corrected chi connectivity index (χ1v) is 7.73. The van der Waals surface area contributed by atoms with Crippen LogP contribution in [0.3, 0.4) is 0 Å². The van der Waals surface area contributed by atoms with Gasteiger partial charge in [-0.1, -0.05) is 36.4 Å². The number of phenolic OH excluding ortho intramolecular Hbond substituents is 3. The van der Waals surface area contributed by atoms with Crippen molar-refractivity contribution in [2.45, 2.75) is 0 Å². The SMILES string of the molecule is O=Cc1ccccc1O.O=Cc1ccccc1O.O=Cc1ccccc1O.[Ce]. The summed E-state index contributed by atoms with van der Waals surface area (Å²) in [5, 5.41) is 26.6. The Morgan fingerprint density at radius 1 is 0.464 bits per heavy atom. The average molecular weight is 506 g/mol. The number of hydrogen-bond acceptors (Lipinski definition) is 6.